The standard InChI is InChI=1S/C35H37ClN4O5/c1-35(2,3)45-33(42)37-18-9-19-40-31(38-28-15-8-14-27(36)29(28)32(40)41)30(21-16-17-21)39-34(43)44-20-26-24-12-6-4-10-22(24)23-11-5-7-13-25(23)26/h4-8,10-15,21,26,30H,9,16-20H2,1-3H3,(H,37,42)(H,39,43)/t30-/m0/s1. The zero-order chi connectivity index (χ0) is 31.7. The molecule has 1 saturated carbocycles. The van der Waals surface area contributed by atoms with Crippen molar-refractivity contribution < 1.29 is 19.1 Å². The zero-order valence-corrected chi connectivity index (χ0v) is 26.4. The molecular weight excluding hydrogens is 592 g/mol. The van der Waals surface area contributed by atoms with Crippen LogP contribution in [0.15, 0.2) is 71.5 Å². The molecular formula is C35H37ClN4O5. The molecule has 0 unspecified atom stereocenters. The van der Waals surface area contributed by atoms with Gasteiger partial charge in [0.1, 0.15) is 18.0 Å². The molecule has 0 radical (unpaired) electrons. The average Bonchev–Trinajstić information content (AvgIpc) is 3.79. The van der Waals surface area contributed by atoms with Gasteiger partial charge in [-0.25, -0.2) is 14.6 Å². The molecule has 4 aromatic rings. The van der Waals surface area contributed by atoms with E-state index >= 15 is 0 Å². The first kappa shape index (κ1) is 30.6. The van der Waals surface area contributed by atoms with Crippen LogP contribution in [0.4, 0.5) is 9.59 Å². The number of fused-ring (bicyclic) bond motifs is 4. The molecule has 0 aliphatic heterocycles. The van der Waals surface area contributed by atoms with Crippen LogP contribution in [0.1, 0.15) is 68.9 Å². The summed E-state index contributed by atoms with van der Waals surface area (Å²) >= 11 is 6.45. The van der Waals surface area contributed by atoms with Crippen LogP contribution >= 0.6 is 11.6 Å². The number of halogens is 1. The molecule has 9 nitrogen and oxygen atoms in total. The number of hydrogen-bond donors (Lipinski definition) is 2. The number of aromatic nitrogens is 2. The van der Waals surface area contributed by atoms with Crippen LogP contribution in [0.3, 0.4) is 0 Å². The predicted molar refractivity (Wildman–Crippen MR) is 174 cm³/mol. The molecule has 0 spiro atoms. The second-order valence-electron chi connectivity index (χ2n) is 12.6. The molecule has 2 aliphatic carbocycles. The number of amides is 2. The summed E-state index contributed by atoms with van der Waals surface area (Å²) in [6, 6.07) is 21.0. The van der Waals surface area contributed by atoms with E-state index in [2.05, 4.69) is 34.9 Å². The second kappa shape index (κ2) is 12.6. The normalized spacial score (nSPS) is 14.8. The maximum absolute atomic E-state index is 13.8. The molecule has 3 aromatic carbocycles. The van der Waals surface area contributed by atoms with E-state index in [1.807, 2.05) is 24.3 Å². The van der Waals surface area contributed by atoms with Crippen molar-refractivity contribution >= 4 is 34.7 Å². The number of benzene rings is 3. The monoisotopic (exact) mass is 628 g/mol. The lowest BCUT2D eigenvalue weighted by Crippen LogP contribution is -2.38. The van der Waals surface area contributed by atoms with Gasteiger partial charge in [-0.1, -0.05) is 66.2 Å². The fourth-order valence-electron chi connectivity index (χ4n) is 6.03. The first-order valence-electron chi connectivity index (χ1n) is 15.4. The molecule has 2 aliphatic rings. The van der Waals surface area contributed by atoms with Crippen LogP contribution in [0.2, 0.25) is 5.02 Å². The van der Waals surface area contributed by atoms with Crippen LogP contribution < -0.4 is 16.2 Å². The van der Waals surface area contributed by atoms with Gasteiger partial charge in [-0.05, 0) is 80.3 Å². The molecule has 0 saturated heterocycles. The third-order valence-electron chi connectivity index (χ3n) is 8.18. The van der Waals surface area contributed by atoms with Gasteiger partial charge in [0.25, 0.3) is 5.56 Å². The van der Waals surface area contributed by atoms with Crippen molar-refractivity contribution in [3.05, 3.63) is 99.1 Å². The summed E-state index contributed by atoms with van der Waals surface area (Å²) in [6.45, 7) is 6.11. The van der Waals surface area contributed by atoms with E-state index in [4.69, 9.17) is 26.1 Å². The van der Waals surface area contributed by atoms with E-state index in [0.29, 0.717) is 28.2 Å². The number of rotatable bonds is 9. The molecule has 1 heterocycles. The number of nitrogens with zero attached hydrogens (tertiary/aromatic N) is 2. The maximum atomic E-state index is 13.8. The van der Waals surface area contributed by atoms with Gasteiger partial charge in [0.15, 0.2) is 0 Å². The minimum absolute atomic E-state index is 0.0703. The topological polar surface area (TPSA) is 112 Å². The summed E-state index contributed by atoms with van der Waals surface area (Å²) in [7, 11) is 0. The highest BCUT2D eigenvalue weighted by Crippen LogP contribution is 2.45. The van der Waals surface area contributed by atoms with Gasteiger partial charge < -0.3 is 20.1 Å². The Bertz CT molecular complexity index is 1760. The first-order valence-corrected chi connectivity index (χ1v) is 15.8. The van der Waals surface area contributed by atoms with E-state index in [0.717, 1.165) is 35.1 Å². The summed E-state index contributed by atoms with van der Waals surface area (Å²) in [5.74, 6) is 0.488. The molecule has 6 rings (SSSR count). The fraction of sp³-hybridized carbons (Fsp3) is 0.371. The third-order valence-corrected chi connectivity index (χ3v) is 8.49. The Morgan fingerprint density at radius 1 is 0.978 bits per heavy atom. The van der Waals surface area contributed by atoms with Gasteiger partial charge in [-0.15, -0.1) is 0 Å². The van der Waals surface area contributed by atoms with Gasteiger partial charge in [-0.2, -0.15) is 0 Å². The maximum Gasteiger partial charge on any atom is 0.407 e. The van der Waals surface area contributed by atoms with E-state index in [9.17, 15) is 14.4 Å². The Morgan fingerprint density at radius 3 is 2.29 bits per heavy atom. The van der Waals surface area contributed by atoms with E-state index in [1.165, 1.54) is 0 Å². The minimum atomic E-state index is -0.616. The van der Waals surface area contributed by atoms with Crippen molar-refractivity contribution in [3.63, 3.8) is 0 Å². The third kappa shape index (κ3) is 6.68. The van der Waals surface area contributed by atoms with Gasteiger partial charge in [0, 0.05) is 19.0 Å². The molecule has 10 heteroatoms. The van der Waals surface area contributed by atoms with Crippen LogP contribution in [0, 0.1) is 5.92 Å². The average molecular weight is 629 g/mol. The molecule has 45 heavy (non-hydrogen) atoms. The van der Waals surface area contributed by atoms with Crippen molar-refractivity contribution in [1.82, 2.24) is 20.2 Å². The summed E-state index contributed by atoms with van der Waals surface area (Å²) in [6.07, 6.45) is 1.12. The lowest BCUT2D eigenvalue weighted by atomic mass is 9.98. The summed E-state index contributed by atoms with van der Waals surface area (Å²) < 4.78 is 12.8. The Balaban J connectivity index is 1.22. The summed E-state index contributed by atoms with van der Waals surface area (Å²) in [4.78, 5) is 44.2. The second-order valence-corrected chi connectivity index (χ2v) is 13.0. The molecule has 1 atom stereocenters. The number of carbonyl (C=O) groups excluding carboxylic acids is 2. The minimum Gasteiger partial charge on any atom is -0.449 e. The molecule has 1 fully saturated rings. The molecule has 1 aromatic heterocycles. The van der Waals surface area contributed by atoms with Gasteiger partial charge in [0.2, 0.25) is 0 Å². The van der Waals surface area contributed by atoms with Crippen molar-refractivity contribution in [2.75, 3.05) is 13.2 Å². The molecule has 234 valence electrons. The lowest BCUT2D eigenvalue weighted by molar-refractivity contribution is 0.0526. The quantitative estimate of drug-likeness (QED) is 0.194. The molecule has 2 amide bonds. The highest BCUT2D eigenvalue weighted by molar-refractivity contribution is 6.35. The van der Waals surface area contributed by atoms with Crippen LogP contribution in [-0.2, 0) is 16.0 Å². The van der Waals surface area contributed by atoms with E-state index < -0.39 is 23.8 Å². The predicted octanol–water partition coefficient (Wildman–Crippen LogP) is 6.95. The number of hydrogen-bond acceptors (Lipinski definition) is 6. The Labute approximate surface area is 266 Å². The number of alkyl carbamates (subject to hydrolysis) is 2. The summed E-state index contributed by atoms with van der Waals surface area (Å²) in [5, 5.41) is 6.41. The molecule has 2 N–H and O–H groups in total. The fourth-order valence-corrected chi connectivity index (χ4v) is 6.28. The largest absolute Gasteiger partial charge is 0.449 e. The van der Waals surface area contributed by atoms with E-state index in [1.54, 1.807) is 43.5 Å². The van der Waals surface area contributed by atoms with Crippen molar-refractivity contribution in [2.24, 2.45) is 5.92 Å². The van der Waals surface area contributed by atoms with Gasteiger partial charge >= 0.3 is 12.2 Å². The zero-order valence-electron chi connectivity index (χ0n) is 25.6. The lowest BCUT2D eigenvalue weighted by Gasteiger charge is -2.23. The number of carbonyl (C=O) groups is 2. The van der Waals surface area contributed by atoms with Crippen molar-refractivity contribution in [3.8, 4) is 11.1 Å². The smallest absolute Gasteiger partial charge is 0.407 e. The molecule has 0 bridgehead atoms. The first-order chi connectivity index (χ1) is 21.6. The van der Waals surface area contributed by atoms with Crippen LogP contribution in [-0.4, -0.2) is 40.5 Å². The Morgan fingerprint density at radius 2 is 1.64 bits per heavy atom. The SMILES string of the molecule is CC(C)(C)OC(=O)NCCCn1c([C@@H](NC(=O)OCC2c3ccccc3-c3ccccc32)C2CC2)nc2cccc(Cl)c2c1=O. The van der Waals surface area contributed by atoms with Crippen LogP contribution in [0.25, 0.3) is 22.0 Å². The van der Waals surface area contributed by atoms with E-state index in [-0.39, 0.29) is 37.1 Å². The van der Waals surface area contributed by atoms with Crippen molar-refractivity contribution in [1.29, 1.82) is 0 Å². The highest BCUT2D eigenvalue weighted by atomic mass is 35.5. The Kier molecular flexibility index (Phi) is 8.55. The highest BCUT2D eigenvalue weighted by Gasteiger charge is 2.38. The van der Waals surface area contributed by atoms with Crippen LogP contribution in [0.5, 0.6) is 0 Å². The number of ether oxygens (including phenoxy) is 2. The van der Waals surface area contributed by atoms with Gasteiger partial charge in [0.05, 0.1) is 22.0 Å². The summed E-state index contributed by atoms with van der Waals surface area (Å²) in [5.41, 5.74) is 4.13. The Hall–Kier alpha value is -4.37. The van der Waals surface area contributed by atoms with Gasteiger partial charge in [-0.3, -0.25) is 9.36 Å². The van der Waals surface area contributed by atoms with Crippen molar-refractivity contribution in [2.45, 2.75) is 64.1 Å². The number of nitrogens with one attached hydrogen (secondary N) is 2.